The lowest BCUT2D eigenvalue weighted by molar-refractivity contribution is 0.469. The number of nitrogens with zero attached hydrogens (tertiary/aromatic N) is 1. The summed E-state index contributed by atoms with van der Waals surface area (Å²) in [6.07, 6.45) is 15.7. The standard InChI is InChI=1S/C17H32N2S/c1-3-5-6-7-8-9-10-11-12-16(19-13-4-2)17-14-18-15-20-17/h14-16,19H,3-13H2,1-2H3. The summed E-state index contributed by atoms with van der Waals surface area (Å²) in [5.41, 5.74) is 1.95. The summed E-state index contributed by atoms with van der Waals surface area (Å²) in [4.78, 5) is 5.62. The van der Waals surface area contributed by atoms with Crippen molar-refractivity contribution in [3.8, 4) is 0 Å². The van der Waals surface area contributed by atoms with E-state index in [4.69, 9.17) is 0 Å². The number of rotatable bonds is 13. The largest absolute Gasteiger partial charge is 0.309 e. The van der Waals surface area contributed by atoms with Crippen LogP contribution in [0.4, 0.5) is 0 Å². The average Bonchev–Trinajstić information content (AvgIpc) is 2.99. The van der Waals surface area contributed by atoms with Crippen LogP contribution in [0.2, 0.25) is 0 Å². The SMILES string of the molecule is CCCCCCCCCCC(NCCC)c1cncs1. The molecule has 0 spiro atoms. The van der Waals surface area contributed by atoms with Gasteiger partial charge in [0.15, 0.2) is 0 Å². The zero-order valence-corrected chi connectivity index (χ0v) is 14.2. The topological polar surface area (TPSA) is 24.9 Å². The van der Waals surface area contributed by atoms with Crippen molar-refractivity contribution in [2.45, 2.75) is 84.1 Å². The number of thiazole rings is 1. The van der Waals surface area contributed by atoms with E-state index < -0.39 is 0 Å². The number of hydrogen-bond acceptors (Lipinski definition) is 3. The molecule has 0 aliphatic carbocycles. The van der Waals surface area contributed by atoms with Gasteiger partial charge in [-0.3, -0.25) is 4.98 Å². The molecule has 1 unspecified atom stereocenters. The van der Waals surface area contributed by atoms with Crippen molar-refractivity contribution in [1.29, 1.82) is 0 Å². The first-order valence-electron chi connectivity index (χ1n) is 8.50. The van der Waals surface area contributed by atoms with E-state index in [-0.39, 0.29) is 0 Å². The van der Waals surface area contributed by atoms with Crippen molar-refractivity contribution in [3.05, 3.63) is 16.6 Å². The summed E-state index contributed by atoms with van der Waals surface area (Å²) in [5, 5.41) is 3.66. The maximum absolute atomic E-state index is 4.22. The summed E-state index contributed by atoms with van der Waals surface area (Å²) in [6.45, 7) is 5.62. The molecule has 116 valence electrons. The van der Waals surface area contributed by atoms with Gasteiger partial charge in [0, 0.05) is 17.1 Å². The lowest BCUT2D eigenvalue weighted by atomic mass is 10.0. The highest BCUT2D eigenvalue weighted by Gasteiger charge is 2.11. The van der Waals surface area contributed by atoms with E-state index in [1.165, 1.54) is 69.1 Å². The minimum Gasteiger partial charge on any atom is -0.309 e. The second-order valence-corrected chi connectivity index (χ2v) is 6.59. The molecule has 0 bridgehead atoms. The fraction of sp³-hybridized carbons (Fsp3) is 0.824. The van der Waals surface area contributed by atoms with Crippen LogP contribution < -0.4 is 5.32 Å². The fourth-order valence-electron chi connectivity index (χ4n) is 2.54. The highest BCUT2D eigenvalue weighted by Crippen LogP contribution is 2.23. The normalized spacial score (nSPS) is 12.7. The zero-order valence-electron chi connectivity index (χ0n) is 13.4. The highest BCUT2D eigenvalue weighted by atomic mass is 32.1. The Bertz CT molecular complexity index is 298. The molecule has 0 radical (unpaired) electrons. The zero-order chi connectivity index (χ0) is 14.5. The molecule has 1 atom stereocenters. The molecule has 1 aromatic heterocycles. The third-order valence-corrected chi connectivity index (χ3v) is 4.67. The molecular weight excluding hydrogens is 264 g/mol. The van der Waals surface area contributed by atoms with E-state index in [0.29, 0.717) is 6.04 Å². The van der Waals surface area contributed by atoms with Crippen molar-refractivity contribution >= 4 is 11.3 Å². The lowest BCUT2D eigenvalue weighted by Gasteiger charge is -2.16. The predicted octanol–water partition coefficient (Wildman–Crippen LogP) is 5.71. The van der Waals surface area contributed by atoms with Crippen molar-refractivity contribution in [2.75, 3.05) is 6.54 Å². The van der Waals surface area contributed by atoms with Gasteiger partial charge in [0.05, 0.1) is 5.51 Å². The Morgan fingerprint density at radius 3 is 2.30 bits per heavy atom. The molecule has 0 saturated carbocycles. The quantitative estimate of drug-likeness (QED) is 0.471. The summed E-state index contributed by atoms with van der Waals surface area (Å²) < 4.78 is 0. The molecule has 0 amide bonds. The maximum Gasteiger partial charge on any atom is 0.0794 e. The Labute approximate surface area is 129 Å². The minimum absolute atomic E-state index is 0.530. The van der Waals surface area contributed by atoms with E-state index in [9.17, 15) is 0 Å². The summed E-state index contributed by atoms with van der Waals surface area (Å²) in [5.74, 6) is 0. The van der Waals surface area contributed by atoms with E-state index in [2.05, 4.69) is 24.1 Å². The summed E-state index contributed by atoms with van der Waals surface area (Å²) in [6, 6.07) is 0.530. The molecule has 0 fully saturated rings. The molecule has 20 heavy (non-hydrogen) atoms. The molecule has 1 aromatic rings. The Morgan fingerprint density at radius 1 is 1.00 bits per heavy atom. The molecule has 0 aromatic carbocycles. The Morgan fingerprint density at radius 2 is 1.70 bits per heavy atom. The Hall–Kier alpha value is -0.410. The van der Waals surface area contributed by atoms with E-state index in [1.807, 2.05) is 11.7 Å². The highest BCUT2D eigenvalue weighted by molar-refractivity contribution is 7.09. The summed E-state index contributed by atoms with van der Waals surface area (Å²) >= 11 is 1.79. The van der Waals surface area contributed by atoms with Crippen LogP contribution in [-0.2, 0) is 0 Å². The van der Waals surface area contributed by atoms with Crippen molar-refractivity contribution < 1.29 is 0 Å². The molecular formula is C17H32N2S. The van der Waals surface area contributed by atoms with Crippen LogP contribution in [0.3, 0.4) is 0 Å². The molecule has 1 rings (SSSR count). The van der Waals surface area contributed by atoms with Gasteiger partial charge >= 0.3 is 0 Å². The Kier molecular flexibility index (Phi) is 10.9. The number of nitrogens with one attached hydrogen (secondary N) is 1. The lowest BCUT2D eigenvalue weighted by Crippen LogP contribution is -2.21. The van der Waals surface area contributed by atoms with E-state index >= 15 is 0 Å². The van der Waals surface area contributed by atoms with Crippen LogP contribution in [0, 0.1) is 0 Å². The van der Waals surface area contributed by atoms with Gasteiger partial charge in [0.1, 0.15) is 0 Å². The van der Waals surface area contributed by atoms with Gasteiger partial charge in [-0.1, -0.05) is 65.2 Å². The van der Waals surface area contributed by atoms with Crippen LogP contribution in [0.5, 0.6) is 0 Å². The van der Waals surface area contributed by atoms with Gasteiger partial charge in [0.25, 0.3) is 0 Å². The first-order valence-corrected chi connectivity index (χ1v) is 9.38. The van der Waals surface area contributed by atoms with Gasteiger partial charge in [-0.25, -0.2) is 0 Å². The number of unbranched alkanes of at least 4 members (excludes halogenated alkanes) is 7. The van der Waals surface area contributed by atoms with Gasteiger partial charge in [-0.15, -0.1) is 11.3 Å². The van der Waals surface area contributed by atoms with Crippen LogP contribution in [0.25, 0.3) is 0 Å². The monoisotopic (exact) mass is 296 g/mol. The molecule has 1 N–H and O–H groups in total. The van der Waals surface area contributed by atoms with Crippen molar-refractivity contribution in [1.82, 2.24) is 10.3 Å². The van der Waals surface area contributed by atoms with Gasteiger partial charge in [-0.2, -0.15) is 0 Å². The third kappa shape index (κ3) is 8.01. The van der Waals surface area contributed by atoms with Crippen LogP contribution in [-0.4, -0.2) is 11.5 Å². The average molecular weight is 297 g/mol. The van der Waals surface area contributed by atoms with Gasteiger partial charge in [-0.05, 0) is 19.4 Å². The molecule has 2 nitrogen and oxygen atoms in total. The molecule has 3 heteroatoms. The minimum atomic E-state index is 0.530. The van der Waals surface area contributed by atoms with Crippen molar-refractivity contribution in [3.63, 3.8) is 0 Å². The molecule has 0 aliphatic heterocycles. The van der Waals surface area contributed by atoms with Gasteiger partial charge in [0.2, 0.25) is 0 Å². The molecule has 1 heterocycles. The Balaban J connectivity index is 2.10. The van der Waals surface area contributed by atoms with Gasteiger partial charge < -0.3 is 5.32 Å². The fourth-order valence-corrected chi connectivity index (χ4v) is 3.27. The van der Waals surface area contributed by atoms with E-state index in [1.54, 1.807) is 11.3 Å². The smallest absolute Gasteiger partial charge is 0.0794 e. The predicted molar refractivity (Wildman–Crippen MR) is 90.4 cm³/mol. The van der Waals surface area contributed by atoms with E-state index in [0.717, 1.165) is 6.54 Å². The number of aromatic nitrogens is 1. The van der Waals surface area contributed by atoms with Crippen LogP contribution in [0.1, 0.15) is 89.0 Å². The number of hydrogen-bond donors (Lipinski definition) is 1. The van der Waals surface area contributed by atoms with Crippen molar-refractivity contribution in [2.24, 2.45) is 0 Å². The van der Waals surface area contributed by atoms with Crippen LogP contribution in [0.15, 0.2) is 11.7 Å². The van der Waals surface area contributed by atoms with Crippen LogP contribution >= 0.6 is 11.3 Å². The summed E-state index contributed by atoms with van der Waals surface area (Å²) in [7, 11) is 0. The molecule has 0 aliphatic rings. The first kappa shape index (κ1) is 17.6. The third-order valence-electron chi connectivity index (χ3n) is 3.78. The second kappa shape index (κ2) is 12.3. The molecule has 0 saturated heterocycles. The first-order chi connectivity index (χ1) is 9.88. The maximum atomic E-state index is 4.22. The second-order valence-electron chi connectivity index (χ2n) is 5.67.